The summed E-state index contributed by atoms with van der Waals surface area (Å²) in [6.07, 6.45) is -4.61. The van der Waals surface area contributed by atoms with Crippen molar-refractivity contribution in [3.63, 3.8) is 0 Å². The Kier molecular flexibility index (Phi) is 4.54. The van der Waals surface area contributed by atoms with E-state index in [1.54, 1.807) is 0 Å². The number of rotatable bonds is 2. The molecule has 1 aromatic carbocycles. The van der Waals surface area contributed by atoms with Crippen molar-refractivity contribution in [2.24, 2.45) is 0 Å². The number of anilines is 1. The topological polar surface area (TPSA) is 51.3 Å². The van der Waals surface area contributed by atoms with E-state index in [4.69, 9.17) is 29.8 Å². The van der Waals surface area contributed by atoms with E-state index in [2.05, 4.69) is 15.3 Å². The summed E-state index contributed by atoms with van der Waals surface area (Å²) in [7, 11) is 0. The molecule has 0 radical (unpaired) electrons. The molecule has 0 saturated carbocycles. The van der Waals surface area contributed by atoms with E-state index >= 15 is 0 Å². The molecule has 1 heterocycles. The highest BCUT2D eigenvalue weighted by molar-refractivity contribution is 6.38. The van der Waals surface area contributed by atoms with Gasteiger partial charge in [0.25, 0.3) is 5.82 Å². The van der Waals surface area contributed by atoms with Gasteiger partial charge in [-0.1, -0.05) is 29.8 Å². The van der Waals surface area contributed by atoms with E-state index in [0.29, 0.717) is 12.1 Å². The Labute approximate surface area is 138 Å². The smallest absolute Gasteiger partial charge is 0.359 e. The van der Waals surface area contributed by atoms with Crippen LogP contribution in [0.3, 0.4) is 0 Å². The first kappa shape index (κ1) is 17.1. The van der Waals surface area contributed by atoms with Crippen molar-refractivity contribution in [2.45, 2.75) is 13.1 Å². The highest BCUT2D eigenvalue weighted by atomic mass is 35.5. The number of alkyl halides is 3. The first-order chi connectivity index (χ1) is 10.6. The summed E-state index contributed by atoms with van der Waals surface area (Å²) in [5.41, 5.74) is -1.09. The van der Waals surface area contributed by atoms with Gasteiger partial charge in [-0.05, 0) is 17.2 Å². The number of hydrogen-bond acceptors (Lipinski definition) is 2. The number of nitrogens with zero attached hydrogens (tertiary/aromatic N) is 3. The lowest BCUT2D eigenvalue weighted by Crippen LogP contribution is -2.12. The summed E-state index contributed by atoms with van der Waals surface area (Å²) >= 11 is 11.8. The van der Waals surface area contributed by atoms with E-state index in [9.17, 15) is 18.0 Å². The first-order valence-electron chi connectivity index (χ1n) is 5.95. The van der Waals surface area contributed by atoms with Crippen LogP contribution in [0.15, 0.2) is 18.2 Å². The zero-order valence-electron chi connectivity index (χ0n) is 11.4. The van der Waals surface area contributed by atoms with Crippen LogP contribution in [0.1, 0.15) is 12.5 Å². The van der Waals surface area contributed by atoms with Gasteiger partial charge < -0.3 is 10.2 Å². The Morgan fingerprint density at radius 1 is 1.30 bits per heavy atom. The molecule has 1 N–H and O–H groups in total. The largest absolute Gasteiger partial charge is 0.416 e. The summed E-state index contributed by atoms with van der Waals surface area (Å²) < 4.78 is 39.3. The summed E-state index contributed by atoms with van der Waals surface area (Å²) in [6.45, 7) is 8.17. The number of aromatic nitrogens is 2. The van der Waals surface area contributed by atoms with Crippen LogP contribution in [0, 0.1) is 6.57 Å². The molecule has 0 spiro atoms. The third-order valence-corrected chi connectivity index (χ3v) is 3.25. The molecule has 5 nitrogen and oxygen atoms in total. The molecule has 0 aliphatic heterocycles. The minimum absolute atomic E-state index is 0.0621. The van der Waals surface area contributed by atoms with Crippen molar-refractivity contribution >= 4 is 40.7 Å². The van der Waals surface area contributed by atoms with Gasteiger partial charge in [0.1, 0.15) is 11.5 Å². The van der Waals surface area contributed by atoms with Crippen molar-refractivity contribution in [1.29, 1.82) is 0 Å². The fourth-order valence-electron chi connectivity index (χ4n) is 1.79. The van der Waals surface area contributed by atoms with E-state index in [1.165, 1.54) is 13.0 Å². The average molecular weight is 363 g/mol. The fraction of sp³-hybridized carbons (Fsp3) is 0.154. The maximum atomic E-state index is 12.8. The number of benzene rings is 1. The number of hydrogen-bond donors (Lipinski definition) is 1. The van der Waals surface area contributed by atoms with Gasteiger partial charge >= 0.3 is 6.18 Å². The van der Waals surface area contributed by atoms with Crippen LogP contribution in [0.4, 0.5) is 24.8 Å². The van der Waals surface area contributed by atoms with Gasteiger partial charge in [-0.15, -0.1) is 4.68 Å². The highest BCUT2D eigenvalue weighted by Gasteiger charge is 2.33. The molecule has 0 bridgehead atoms. The van der Waals surface area contributed by atoms with Crippen LogP contribution < -0.4 is 5.32 Å². The lowest BCUT2D eigenvalue weighted by Gasteiger charge is -2.12. The maximum Gasteiger partial charge on any atom is 0.416 e. The fourth-order valence-corrected chi connectivity index (χ4v) is 2.44. The van der Waals surface area contributed by atoms with E-state index in [0.717, 1.165) is 4.68 Å². The van der Waals surface area contributed by atoms with Crippen molar-refractivity contribution in [3.05, 3.63) is 45.2 Å². The molecule has 2 aromatic rings. The minimum atomic E-state index is -4.61. The molecule has 1 amide bonds. The summed E-state index contributed by atoms with van der Waals surface area (Å²) in [5.74, 6) is -0.477. The normalized spacial score (nSPS) is 11.2. The second-order valence-electron chi connectivity index (χ2n) is 4.38. The zero-order valence-corrected chi connectivity index (χ0v) is 12.9. The van der Waals surface area contributed by atoms with Crippen LogP contribution in [0.5, 0.6) is 0 Å². The molecule has 0 aliphatic carbocycles. The van der Waals surface area contributed by atoms with Gasteiger partial charge in [-0.25, -0.2) is 0 Å². The molecule has 0 atom stereocenters. The molecule has 0 unspecified atom stereocenters. The highest BCUT2D eigenvalue weighted by Crippen LogP contribution is 2.38. The number of carbonyl (C=O) groups is 1. The standard InChI is InChI=1S/C13H7Cl2F3N4O/c1-6(23)20-11-5-10(19-2)21-22(11)12-8(14)3-7(4-9(12)15)13(16,17)18/h3-5H,1H3,(H,20,23). The van der Waals surface area contributed by atoms with E-state index in [1.807, 2.05) is 0 Å². The van der Waals surface area contributed by atoms with Gasteiger partial charge in [0.15, 0.2) is 0 Å². The SMILES string of the molecule is [C-]#[N+]c1cc(NC(C)=O)n(-c2c(Cl)cc(C(F)(F)F)cc2Cl)n1. The second kappa shape index (κ2) is 6.10. The predicted octanol–water partition coefficient (Wildman–Crippen LogP) is 4.71. The quantitative estimate of drug-likeness (QED) is 0.786. The molecular weight excluding hydrogens is 356 g/mol. The first-order valence-corrected chi connectivity index (χ1v) is 6.71. The minimum Gasteiger partial charge on any atom is -0.359 e. The molecule has 2 rings (SSSR count). The Balaban J connectivity index is 2.65. The van der Waals surface area contributed by atoms with Crippen LogP contribution in [-0.4, -0.2) is 15.7 Å². The number of nitrogens with one attached hydrogen (secondary N) is 1. The third kappa shape index (κ3) is 3.57. The summed E-state index contributed by atoms with van der Waals surface area (Å²) in [6, 6.07) is 2.64. The lowest BCUT2D eigenvalue weighted by molar-refractivity contribution is -0.137. The molecule has 0 aliphatic rings. The van der Waals surface area contributed by atoms with Crippen molar-refractivity contribution in [1.82, 2.24) is 9.78 Å². The van der Waals surface area contributed by atoms with Gasteiger partial charge in [-0.2, -0.15) is 13.2 Å². The molecule has 0 fully saturated rings. The van der Waals surface area contributed by atoms with Crippen LogP contribution >= 0.6 is 23.2 Å². The second-order valence-corrected chi connectivity index (χ2v) is 5.19. The van der Waals surface area contributed by atoms with Crippen molar-refractivity contribution in [2.75, 3.05) is 5.32 Å². The number of amides is 1. The molecular formula is C13H7Cl2F3N4O. The van der Waals surface area contributed by atoms with Crippen molar-refractivity contribution in [3.8, 4) is 5.69 Å². The number of carbonyl (C=O) groups excluding carboxylic acids is 1. The average Bonchev–Trinajstić information content (AvgIpc) is 2.79. The lowest BCUT2D eigenvalue weighted by atomic mass is 10.2. The molecule has 120 valence electrons. The molecule has 1 aromatic heterocycles. The molecule has 23 heavy (non-hydrogen) atoms. The Morgan fingerprint density at radius 3 is 2.30 bits per heavy atom. The molecule has 0 saturated heterocycles. The maximum absolute atomic E-state index is 12.8. The van der Waals surface area contributed by atoms with Crippen LogP contribution in [-0.2, 0) is 11.0 Å². The summed E-state index contributed by atoms with van der Waals surface area (Å²) in [5, 5.41) is 5.62. The zero-order chi connectivity index (χ0) is 17.4. The van der Waals surface area contributed by atoms with Gasteiger partial charge in [-0.3, -0.25) is 4.79 Å². The molecule has 10 heteroatoms. The summed E-state index contributed by atoms with van der Waals surface area (Å²) in [4.78, 5) is 14.3. The predicted molar refractivity (Wildman–Crippen MR) is 79.2 cm³/mol. The number of halogens is 5. The van der Waals surface area contributed by atoms with Gasteiger partial charge in [0.2, 0.25) is 5.91 Å². The van der Waals surface area contributed by atoms with Crippen LogP contribution in [0.25, 0.3) is 10.5 Å². The third-order valence-electron chi connectivity index (χ3n) is 2.67. The van der Waals surface area contributed by atoms with E-state index < -0.39 is 17.6 Å². The Bertz CT molecular complexity index is 801. The van der Waals surface area contributed by atoms with Crippen LogP contribution in [0.2, 0.25) is 10.0 Å². The Morgan fingerprint density at radius 2 is 1.87 bits per heavy atom. The monoisotopic (exact) mass is 362 g/mol. The van der Waals surface area contributed by atoms with E-state index in [-0.39, 0.29) is 27.4 Å². The van der Waals surface area contributed by atoms with Crippen molar-refractivity contribution < 1.29 is 18.0 Å². The van der Waals surface area contributed by atoms with Gasteiger partial charge in [0.05, 0.1) is 15.6 Å². The van der Waals surface area contributed by atoms with Gasteiger partial charge in [0, 0.05) is 13.0 Å². The Hall–Kier alpha value is -2.24.